The van der Waals surface area contributed by atoms with Crippen LogP contribution >= 0.6 is 0 Å². The monoisotopic (exact) mass is 270 g/mol. The van der Waals surface area contributed by atoms with E-state index in [0.29, 0.717) is 6.04 Å². The molecular formula is C16H22N4. The third kappa shape index (κ3) is 2.38. The van der Waals surface area contributed by atoms with E-state index in [1.54, 1.807) is 0 Å². The van der Waals surface area contributed by atoms with Gasteiger partial charge in [0.15, 0.2) is 0 Å². The lowest BCUT2D eigenvalue weighted by Gasteiger charge is -2.39. The van der Waals surface area contributed by atoms with Crippen molar-refractivity contribution in [3.63, 3.8) is 0 Å². The number of piperazine rings is 1. The Morgan fingerprint density at radius 2 is 2.10 bits per heavy atom. The first-order valence-corrected chi connectivity index (χ1v) is 7.57. The maximum atomic E-state index is 9.44. The van der Waals surface area contributed by atoms with E-state index in [1.807, 2.05) is 0 Å². The van der Waals surface area contributed by atoms with Gasteiger partial charge in [-0.25, -0.2) is 4.98 Å². The molecule has 1 atom stereocenters. The zero-order valence-corrected chi connectivity index (χ0v) is 12.4. The van der Waals surface area contributed by atoms with E-state index in [1.165, 1.54) is 24.1 Å². The fourth-order valence-electron chi connectivity index (χ4n) is 3.19. The van der Waals surface area contributed by atoms with E-state index in [0.717, 1.165) is 43.9 Å². The van der Waals surface area contributed by atoms with Gasteiger partial charge in [0.05, 0.1) is 5.56 Å². The van der Waals surface area contributed by atoms with Crippen molar-refractivity contribution in [2.45, 2.75) is 38.6 Å². The lowest BCUT2D eigenvalue weighted by Crippen LogP contribution is -2.50. The van der Waals surface area contributed by atoms with Gasteiger partial charge in [-0.2, -0.15) is 5.26 Å². The lowest BCUT2D eigenvalue weighted by atomic mass is 9.94. The Balaban J connectivity index is 1.94. The topological polar surface area (TPSA) is 43.2 Å². The number of rotatable bonds is 1. The van der Waals surface area contributed by atoms with Crippen LogP contribution in [0.15, 0.2) is 6.07 Å². The Labute approximate surface area is 121 Å². The predicted molar refractivity (Wildman–Crippen MR) is 79.9 cm³/mol. The number of hydrogen-bond donors (Lipinski definition) is 0. The minimum Gasteiger partial charge on any atom is -0.353 e. The summed E-state index contributed by atoms with van der Waals surface area (Å²) in [5.41, 5.74) is 3.26. The Morgan fingerprint density at radius 3 is 2.85 bits per heavy atom. The molecule has 3 rings (SSSR count). The minimum atomic E-state index is 0.508. The predicted octanol–water partition coefficient (Wildman–Crippen LogP) is 1.97. The van der Waals surface area contributed by atoms with E-state index in [4.69, 9.17) is 4.98 Å². The number of anilines is 1. The first kappa shape index (κ1) is 13.4. The molecule has 0 amide bonds. The quantitative estimate of drug-likeness (QED) is 0.782. The van der Waals surface area contributed by atoms with Crippen LogP contribution in [0.3, 0.4) is 0 Å². The molecule has 1 aliphatic heterocycles. The van der Waals surface area contributed by atoms with Gasteiger partial charge in [-0.15, -0.1) is 0 Å². The molecule has 2 aliphatic rings. The smallest absolute Gasteiger partial charge is 0.146 e. The second kappa shape index (κ2) is 5.41. The van der Waals surface area contributed by atoms with Gasteiger partial charge >= 0.3 is 0 Å². The SMILES string of the molecule is CC1CN(c2nc3c(cc2C#N)CCCC3)CCN1C. The Bertz CT molecular complexity index is 546. The third-order valence-electron chi connectivity index (χ3n) is 4.66. The largest absolute Gasteiger partial charge is 0.353 e. The molecule has 0 bridgehead atoms. The number of nitrogens with zero attached hydrogens (tertiary/aromatic N) is 4. The van der Waals surface area contributed by atoms with Crippen LogP contribution in [0.5, 0.6) is 0 Å². The van der Waals surface area contributed by atoms with E-state index >= 15 is 0 Å². The first-order chi connectivity index (χ1) is 9.69. The molecule has 4 heteroatoms. The van der Waals surface area contributed by atoms with E-state index in [9.17, 15) is 5.26 Å². The molecule has 20 heavy (non-hydrogen) atoms. The van der Waals surface area contributed by atoms with Crippen LogP contribution < -0.4 is 4.90 Å². The lowest BCUT2D eigenvalue weighted by molar-refractivity contribution is 0.233. The molecule has 0 N–H and O–H groups in total. The van der Waals surface area contributed by atoms with Gasteiger partial charge in [-0.3, -0.25) is 0 Å². The summed E-state index contributed by atoms with van der Waals surface area (Å²) in [6.07, 6.45) is 4.60. The molecule has 4 nitrogen and oxygen atoms in total. The summed E-state index contributed by atoms with van der Waals surface area (Å²) in [5, 5.41) is 9.44. The fraction of sp³-hybridized carbons (Fsp3) is 0.625. The normalized spacial score (nSPS) is 23.2. The number of pyridine rings is 1. The summed E-state index contributed by atoms with van der Waals surface area (Å²) in [7, 11) is 2.16. The molecule has 0 spiro atoms. The number of aryl methyl sites for hydroxylation is 2. The molecular weight excluding hydrogens is 248 g/mol. The molecule has 1 saturated heterocycles. The molecule has 1 aliphatic carbocycles. The van der Waals surface area contributed by atoms with Gasteiger partial charge in [-0.1, -0.05) is 0 Å². The van der Waals surface area contributed by atoms with Crippen molar-refractivity contribution in [2.75, 3.05) is 31.6 Å². The van der Waals surface area contributed by atoms with Gasteiger partial charge in [-0.05, 0) is 51.3 Å². The summed E-state index contributed by atoms with van der Waals surface area (Å²) in [6.45, 7) is 5.18. The van der Waals surface area contributed by atoms with Crippen molar-refractivity contribution in [3.8, 4) is 6.07 Å². The summed E-state index contributed by atoms with van der Waals surface area (Å²) in [4.78, 5) is 9.50. The van der Waals surface area contributed by atoms with E-state index in [2.05, 4.69) is 35.9 Å². The highest BCUT2D eigenvalue weighted by Gasteiger charge is 2.25. The minimum absolute atomic E-state index is 0.508. The van der Waals surface area contributed by atoms with E-state index in [-0.39, 0.29) is 0 Å². The van der Waals surface area contributed by atoms with Crippen molar-refractivity contribution in [1.29, 1.82) is 5.26 Å². The molecule has 2 heterocycles. The molecule has 106 valence electrons. The average Bonchev–Trinajstić information content (AvgIpc) is 2.48. The van der Waals surface area contributed by atoms with Crippen LogP contribution in [0.4, 0.5) is 5.82 Å². The van der Waals surface area contributed by atoms with Gasteiger partial charge in [0.1, 0.15) is 11.9 Å². The van der Waals surface area contributed by atoms with Crippen LogP contribution in [-0.2, 0) is 12.8 Å². The van der Waals surface area contributed by atoms with Crippen LogP contribution in [0.1, 0.15) is 36.6 Å². The summed E-state index contributed by atoms with van der Waals surface area (Å²) >= 11 is 0. The van der Waals surface area contributed by atoms with Gasteiger partial charge in [0, 0.05) is 31.4 Å². The van der Waals surface area contributed by atoms with Gasteiger partial charge in [0.25, 0.3) is 0 Å². The maximum Gasteiger partial charge on any atom is 0.146 e. The number of aromatic nitrogens is 1. The highest BCUT2D eigenvalue weighted by molar-refractivity contribution is 5.57. The third-order valence-corrected chi connectivity index (χ3v) is 4.66. The Hall–Kier alpha value is -1.60. The Morgan fingerprint density at radius 1 is 1.30 bits per heavy atom. The summed E-state index contributed by atoms with van der Waals surface area (Å²) in [5.74, 6) is 0.910. The average molecular weight is 270 g/mol. The highest BCUT2D eigenvalue weighted by Crippen LogP contribution is 2.27. The molecule has 0 radical (unpaired) electrons. The van der Waals surface area contributed by atoms with Crippen LogP contribution in [0.2, 0.25) is 0 Å². The number of hydrogen-bond acceptors (Lipinski definition) is 4. The van der Waals surface area contributed by atoms with Gasteiger partial charge in [0.2, 0.25) is 0 Å². The summed E-state index contributed by atoms with van der Waals surface area (Å²) in [6, 6.07) is 4.94. The fourth-order valence-corrected chi connectivity index (χ4v) is 3.19. The van der Waals surface area contributed by atoms with Crippen LogP contribution in [-0.4, -0.2) is 42.6 Å². The molecule has 0 aromatic carbocycles. The van der Waals surface area contributed by atoms with Crippen molar-refractivity contribution in [1.82, 2.24) is 9.88 Å². The molecule has 1 aromatic rings. The molecule has 0 saturated carbocycles. The second-order valence-electron chi connectivity index (χ2n) is 6.06. The van der Waals surface area contributed by atoms with Gasteiger partial charge < -0.3 is 9.80 Å². The standard InChI is InChI=1S/C16H22N4/c1-12-11-20(8-7-19(12)2)16-14(10-17)9-13-5-3-4-6-15(13)18-16/h9,12H,3-8,11H2,1-2H3. The van der Waals surface area contributed by atoms with Crippen LogP contribution in [0.25, 0.3) is 0 Å². The second-order valence-corrected chi connectivity index (χ2v) is 6.06. The van der Waals surface area contributed by atoms with Crippen molar-refractivity contribution in [3.05, 3.63) is 22.9 Å². The maximum absolute atomic E-state index is 9.44. The molecule has 1 aromatic heterocycles. The zero-order chi connectivity index (χ0) is 14.1. The van der Waals surface area contributed by atoms with Crippen molar-refractivity contribution in [2.24, 2.45) is 0 Å². The van der Waals surface area contributed by atoms with E-state index < -0.39 is 0 Å². The molecule has 1 fully saturated rings. The number of likely N-dealkylation sites (N-methyl/N-ethyl adjacent to an activating group) is 1. The zero-order valence-electron chi connectivity index (χ0n) is 12.4. The van der Waals surface area contributed by atoms with Crippen molar-refractivity contribution >= 4 is 5.82 Å². The highest BCUT2D eigenvalue weighted by atomic mass is 15.3. The number of fused-ring (bicyclic) bond motifs is 1. The summed E-state index contributed by atoms with van der Waals surface area (Å²) < 4.78 is 0. The first-order valence-electron chi connectivity index (χ1n) is 7.57. The number of nitriles is 1. The van der Waals surface area contributed by atoms with Crippen molar-refractivity contribution < 1.29 is 0 Å². The molecule has 1 unspecified atom stereocenters. The van der Waals surface area contributed by atoms with Crippen LogP contribution in [0, 0.1) is 11.3 Å². The Kier molecular flexibility index (Phi) is 3.62.